The number of aromatic nitrogens is 1. The standard InChI is InChI=1S/C16H22N2O/c1-2-3-4-7-10-19-16-15-9-6-5-8-14(15)13(11-17)12-18-16/h5-6,8-9,12H,2-4,7,10-11,17H2,1H3. The molecule has 0 aliphatic rings. The molecule has 102 valence electrons. The van der Waals surface area contributed by atoms with Gasteiger partial charge in [-0.25, -0.2) is 4.98 Å². The van der Waals surface area contributed by atoms with Gasteiger partial charge in [0.25, 0.3) is 0 Å². The highest BCUT2D eigenvalue weighted by atomic mass is 16.5. The minimum absolute atomic E-state index is 0.504. The van der Waals surface area contributed by atoms with Crippen LogP contribution in [0.5, 0.6) is 5.88 Å². The maximum absolute atomic E-state index is 5.81. The van der Waals surface area contributed by atoms with Crippen molar-refractivity contribution in [2.24, 2.45) is 5.73 Å². The van der Waals surface area contributed by atoms with Crippen LogP contribution in [0.15, 0.2) is 30.5 Å². The number of hydrogen-bond donors (Lipinski definition) is 1. The SMILES string of the molecule is CCCCCCOc1ncc(CN)c2ccccc12. The zero-order chi connectivity index (χ0) is 13.5. The molecule has 0 unspecified atom stereocenters. The van der Waals surface area contributed by atoms with Crippen molar-refractivity contribution in [3.63, 3.8) is 0 Å². The molecule has 0 amide bonds. The van der Waals surface area contributed by atoms with Gasteiger partial charge >= 0.3 is 0 Å². The lowest BCUT2D eigenvalue weighted by atomic mass is 10.1. The molecule has 0 saturated heterocycles. The second kappa shape index (κ2) is 7.10. The normalized spacial score (nSPS) is 10.8. The fraction of sp³-hybridized carbons (Fsp3) is 0.438. The molecule has 0 aliphatic heterocycles. The number of nitrogens with two attached hydrogens (primary N) is 1. The average Bonchev–Trinajstić information content (AvgIpc) is 2.47. The van der Waals surface area contributed by atoms with Crippen molar-refractivity contribution in [2.45, 2.75) is 39.2 Å². The second-order valence-corrected chi connectivity index (χ2v) is 4.75. The molecule has 1 aromatic heterocycles. The van der Waals surface area contributed by atoms with Crippen molar-refractivity contribution in [1.82, 2.24) is 4.98 Å². The molecular formula is C16H22N2O. The monoisotopic (exact) mass is 258 g/mol. The lowest BCUT2D eigenvalue weighted by Crippen LogP contribution is -2.03. The smallest absolute Gasteiger partial charge is 0.221 e. The molecule has 0 saturated carbocycles. The summed E-state index contributed by atoms with van der Waals surface area (Å²) in [4.78, 5) is 4.39. The first-order valence-electron chi connectivity index (χ1n) is 7.06. The Kier molecular flexibility index (Phi) is 5.16. The minimum Gasteiger partial charge on any atom is -0.477 e. The van der Waals surface area contributed by atoms with Gasteiger partial charge in [-0.2, -0.15) is 0 Å². The van der Waals surface area contributed by atoms with Crippen LogP contribution in [0.2, 0.25) is 0 Å². The number of rotatable bonds is 7. The van der Waals surface area contributed by atoms with E-state index in [9.17, 15) is 0 Å². The van der Waals surface area contributed by atoms with Crippen molar-refractivity contribution < 1.29 is 4.74 Å². The van der Waals surface area contributed by atoms with E-state index >= 15 is 0 Å². The molecule has 2 N–H and O–H groups in total. The Morgan fingerprint density at radius 3 is 2.63 bits per heavy atom. The fourth-order valence-electron chi connectivity index (χ4n) is 2.20. The first kappa shape index (κ1) is 13.8. The van der Waals surface area contributed by atoms with E-state index in [0.29, 0.717) is 6.54 Å². The number of nitrogens with zero attached hydrogens (tertiary/aromatic N) is 1. The second-order valence-electron chi connectivity index (χ2n) is 4.75. The summed E-state index contributed by atoms with van der Waals surface area (Å²) < 4.78 is 5.81. The molecule has 3 heteroatoms. The van der Waals surface area contributed by atoms with Gasteiger partial charge in [0.2, 0.25) is 5.88 Å². The van der Waals surface area contributed by atoms with E-state index in [-0.39, 0.29) is 0 Å². The highest BCUT2D eigenvalue weighted by Crippen LogP contribution is 2.26. The van der Waals surface area contributed by atoms with Gasteiger partial charge in [0.05, 0.1) is 6.61 Å². The van der Waals surface area contributed by atoms with E-state index in [4.69, 9.17) is 10.5 Å². The van der Waals surface area contributed by atoms with Gasteiger partial charge in [-0.05, 0) is 23.4 Å². The molecule has 2 aromatic rings. The van der Waals surface area contributed by atoms with Gasteiger partial charge in [0.1, 0.15) is 0 Å². The number of ether oxygens (including phenoxy) is 1. The molecule has 2 rings (SSSR count). The summed E-state index contributed by atoms with van der Waals surface area (Å²) in [7, 11) is 0. The molecule has 0 atom stereocenters. The molecule has 1 heterocycles. The number of benzene rings is 1. The van der Waals surface area contributed by atoms with E-state index in [1.165, 1.54) is 19.3 Å². The predicted octanol–water partition coefficient (Wildman–Crippen LogP) is 3.65. The summed E-state index contributed by atoms with van der Waals surface area (Å²) in [5.74, 6) is 0.726. The Morgan fingerprint density at radius 1 is 1.11 bits per heavy atom. The third kappa shape index (κ3) is 3.44. The summed E-state index contributed by atoms with van der Waals surface area (Å²) in [6, 6.07) is 8.15. The van der Waals surface area contributed by atoms with Crippen LogP contribution in [0.3, 0.4) is 0 Å². The van der Waals surface area contributed by atoms with Gasteiger partial charge in [-0.3, -0.25) is 0 Å². The summed E-state index contributed by atoms with van der Waals surface area (Å²) in [5.41, 5.74) is 6.80. The van der Waals surface area contributed by atoms with E-state index < -0.39 is 0 Å². The van der Waals surface area contributed by atoms with Crippen LogP contribution >= 0.6 is 0 Å². The topological polar surface area (TPSA) is 48.1 Å². The van der Waals surface area contributed by atoms with Gasteiger partial charge in [-0.15, -0.1) is 0 Å². The molecule has 0 bridgehead atoms. The van der Waals surface area contributed by atoms with E-state index in [1.807, 2.05) is 24.4 Å². The van der Waals surface area contributed by atoms with Crippen LogP contribution in [-0.4, -0.2) is 11.6 Å². The Balaban J connectivity index is 2.11. The van der Waals surface area contributed by atoms with Gasteiger partial charge in [0.15, 0.2) is 0 Å². The van der Waals surface area contributed by atoms with Crippen molar-refractivity contribution in [3.05, 3.63) is 36.0 Å². The first-order chi connectivity index (χ1) is 9.36. The van der Waals surface area contributed by atoms with E-state index in [0.717, 1.165) is 35.2 Å². The average molecular weight is 258 g/mol. The number of hydrogen-bond acceptors (Lipinski definition) is 3. The van der Waals surface area contributed by atoms with Crippen LogP contribution in [-0.2, 0) is 6.54 Å². The first-order valence-corrected chi connectivity index (χ1v) is 7.06. The molecule has 0 fully saturated rings. The molecule has 3 nitrogen and oxygen atoms in total. The van der Waals surface area contributed by atoms with Crippen molar-refractivity contribution in [1.29, 1.82) is 0 Å². The molecule has 1 aromatic carbocycles. The zero-order valence-electron chi connectivity index (χ0n) is 11.6. The van der Waals surface area contributed by atoms with E-state index in [2.05, 4.69) is 18.0 Å². The molecular weight excluding hydrogens is 236 g/mol. The maximum atomic E-state index is 5.81. The molecule has 19 heavy (non-hydrogen) atoms. The van der Waals surface area contributed by atoms with Crippen LogP contribution in [0.4, 0.5) is 0 Å². The largest absolute Gasteiger partial charge is 0.477 e. The summed E-state index contributed by atoms with van der Waals surface area (Å²) in [5, 5.41) is 2.20. The summed E-state index contributed by atoms with van der Waals surface area (Å²) in [6.45, 7) is 3.45. The van der Waals surface area contributed by atoms with Crippen molar-refractivity contribution >= 4 is 10.8 Å². The minimum atomic E-state index is 0.504. The Morgan fingerprint density at radius 2 is 1.89 bits per heavy atom. The Hall–Kier alpha value is -1.61. The van der Waals surface area contributed by atoms with Crippen LogP contribution in [0.25, 0.3) is 10.8 Å². The predicted molar refractivity (Wildman–Crippen MR) is 79.3 cm³/mol. The Labute approximate surface area is 114 Å². The van der Waals surface area contributed by atoms with Gasteiger partial charge in [0, 0.05) is 18.1 Å². The highest BCUT2D eigenvalue weighted by molar-refractivity contribution is 5.89. The highest BCUT2D eigenvalue weighted by Gasteiger charge is 2.06. The fourth-order valence-corrected chi connectivity index (χ4v) is 2.20. The molecule has 0 aliphatic carbocycles. The van der Waals surface area contributed by atoms with Gasteiger partial charge in [-0.1, -0.05) is 44.4 Å². The zero-order valence-corrected chi connectivity index (χ0v) is 11.6. The molecule has 0 radical (unpaired) electrons. The lowest BCUT2D eigenvalue weighted by molar-refractivity contribution is 0.297. The summed E-state index contributed by atoms with van der Waals surface area (Å²) in [6.07, 6.45) is 6.64. The molecule has 0 spiro atoms. The van der Waals surface area contributed by atoms with Gasteiger partial charge < -0.3 is 10.5 Å². The quantitative estimate of drug-likeness (QED) is 0.771. The number of pyridine rings is 1. The third-order valence-corrected chi connectivity index (χ3v) is 3.30. The lowest BCUT2D eigenvalue weighted by Gasteiger charge is -2.10. The van der Waals surface area contributed by atoms with Crippen LogP contribution < -0.4 is 10.5 Å². The van der Waals surface area contributed by atoms with Crippen molar-refractivity contribution in [3.8, 4) is 5.88 Å². The van der Waals surface area contributed by atoms with Crippen LogP contribution in [0, 0.1) is 0 Å². The third-order valence-electron chi connectivity index (χ3n) is 3.30. The van der Waals surface area contributed by atoms with Crippen molar-refractivity contribution in [2.75, 3.05) is 6.61 Å². The van der Waals surface area contributed by atoms with E-state index in [1.54, 1.807) is 0 Å². The summed E-state index contributed by atoms with van der Waals surface area (Å²) >= 11 is 0. The number of unbranched alkanes of at least 4 members (excludes halogenated alkanes) is 3. The Bertz CT molecular complexity index is 525. The number of fused-ring (bicyclic) bond motifs is 1. The maximum Gasteiger partial charge on any atom is 0.221 e. The van der Waals surface area contributed by atoms with Crippen LogP contribution in [0.1, 0.15) is 38.2 Å².